The van der Waals surface area contributed by atoms with E-state index in [9.17, 15) is 15.0 Å². The monoisotopic (exact) mass is 557 g/mol. The number of carbonyl (C=O) groups excluding carboxylic acids is 1. The first-order valence-corrected chi connectivity index (χ1v) is 16.5. The molecule has 0 aromatic carbocycles. The number of nitrogens with one attached hydrogen (secondary N) is 1. The molecule has 0 aliphatic carbocycles. The lowest BCUT2D eigenvalue weighted by atomic mass is 10.1. The highest BCUT2D eigenvalue weighted by atomic mass is 16.3. The standard InChI is InChI=1S/C36H63NO3/c1-3-5-7-9-11-12-13-14-15-16-17-18-19-20-21-22-23-24-26-28-30-32-36(40)37-34(33-38)35(39)31-29-27-25-10-8-6-4-2/h5,7,11-12,14-15,17-18,29,31,34-35,38-39H,3-4,6,8-10,13,16,19-28,30,32-33H2,1-2H3,(H,37,40)/b7-5-,12-11-,15-14-,18-17-,31-29+. The highest BCUT2D eigenvalue weighted by molar-refractivity contribution is 5.76. The van der Waals surface area contributed by atoms with Crippen molar-refractivity contribution in [2.75, 3.05) is 6.61 Å². The lowest BCUT2D eigenvalue weighted by Crippen LogP contribution is -2.45. The van der Waals surface area contributed by atoms with Crippen LogP contribution in [0.25, 0.3) is 0 Å². The maximum absolute atomic E-state index is 12.2. The fraction of sp³-hybridized carbons (Fsp3) is 0.694. The number of hydrogen-bond donors (Lipinski definition) is 3. The number of hydrogen-bond acceptors (Lipinski definition) is 3. The van der Waals surface area contributed by atoms with E-state index in [-0.39, 0.29) is 12.5 Å². The van der Waals surface area contributed by atoms with Gasteiger partial charge in [0, 0.05) is 6.42 Å². The van der Waals surface area contributed by atoms with Crippen molar-refractivity contribution in [2.24, 2.45) is 0 Å². The van der Waals surface area contributed by atoms with E-state index < -0.39 is 12.1 Å². The minimum atomic E-state index is -0.840. The zero-order valence-corrected chi connectivity index (χ0v) is 26.1. The van der Waals surface area contributed by atoms with Crippen LogP contribution in [0.2, 0.25) is 0 Å². The highest BCUT2D eigenvalue weighted by Crippen LogP contribution is 2.11. The van der Waals surface area contributed by atoms with E-state index in [4.69, 9.17) is 0 Å². The Bertz CT molecular complexity index is 692. The number of carbonyl (C=O) groups is 1. The lowest BCUT2D eigenvalue weighted by molar-refractivity contribution is -0.123. The molecule has 0 aromatic rings. The number of amides is 1. The maximum Gasteiger partial charge on any atom is 0.220 e. The molecule has 2 unspecified atom stereocenters. The second-order valence-corrected chi connectivity index (χ2v) is 10.8. The molecule has 0 spiro atoms. The molecule has 0 heterocycles. The van der Waals surface area contributed by atoms with E-state index in [1.165, 1.54) is 64.2 Å². The molecular weight excluding hydrogens is 494 g/mol. The Morgan fingerprint density at radius 1 is 0.625 bits per heavy atom. The van der Waals surface area contributed by atoms with Gasteiger partial charge in [-0.2, -0.15) is 0 Å². The van der Waals surface area contributed by atoms with Crippen molar-refractivity contribution in [3.8, 4) is 0 Å². The summed E-state index contributed by atoms with van der Waals surface area (Å²) < 4.78 is 0. The zero-order chi connectivity index (χ0) is 29.4. The van der Waals surface area contributed by atoms with Crippen LogP contribution in [0.4, 0.5) is 0 Å². The van der Waals surface area contributed by atoms with Crippen LogP contribution in [0.1, 0.15) is 142 Å². The van der Waals surface area contributed by atoms with Gasteiger partial charge in [0.15, 0.2) is 0 Å². The first kappa shape index (κ1) is 38.1. The molecule has 0 saturated carbocycles. The molecule has 4 nitrogen and oxygen atoms in total. The molecular formula is C36H63NO3. The van der Waals surface area contributed by atoms with Gasteiger partial charge in [0.05, 0.1) is 18.8 Å². The van der Waals surface area contributed by atoms with Crippen molar-refractivity contribution >= 4 is 5.91 Å². The van der Waals surface area contributed by atoms with Crippen LogP contribution in [-0.2, 0) is 4.79 Å². The molecule has 2 atom stereocenters. The second kappa shape index (κ2) is 31.6. The second-order valence-electron chi connectivity index (χ2n) is 10.8. The first-order valence-electron chi connectivity index (χ1n) is 16.5. The quantitative estimate of drug-likeness (QED) is 0.0663. The Hall–Kier alpha value is -1.91. The molecule has 0 radical (unpaired) electrons. The van der Waals surface area contributed by atoms with Gasteiger partial charge in [-0.15, -0.1) is 0 Å². The zero-order valence-electron chi connectivity index (χ0n) is 26.1. The van der Waals surface area contributed by atoms with Gasteiger partial charge in [0.25, 0.3) is 0 Å². The number of unbranched alkanes of at least 4 members (excludes halogenated alkanes) is 13. The Balaban J connectivity index is 3.63. The Labute approximate surface area is 247 Å². The van der Waals surface area contributed by atoms with Crippen molar-refractivity contribution in [3.05, 3.63) is 60.8 Å². The maximum atomic E-state index is 12.2. The summed E-state index contributed by atoms with van der Waals surface area (Å²) in [7, 11) is 0. The van der Waals surface area contributed by atoms with Crippen molar-refractivity contribution < 1.29 is 15.0 Å². The normalized spacial score (nSPS) is 14.0. The summed E-state index contributed by atoms with van der Waals surface area (Å²) in [5, 5.41) is 22.6. The molecule has 4 heteroatoms. The number of rotatable bonds is 28. The van der Waals surface area contributed by atoms with Crippen LogP contribution in [0.15, 0.2) is 60.8 Å². The fourth-order valence-electron chi connectivity index (χ4n) is 4.46. The first-order chi connectivity index (χ1) is 19.7. The summed E-state index contributed by atoms with van der Waals surface area (Å²) in [5.41, 5.74) is 0. The van der Waals surface area contributed by atoms with Crippen molar-refractivity contribution in [1.82, 2.24) is 5.32 Å². The SMILES string of the molecule is CC/C=C\C/C=C\C/C=C\C/C=C\CCCCCCCCCCC(=O)NC(CO)C(O)/C=C/CCCCCCC. The van der Waals surface area contributed by atoms with Crippen molar-refractivity contribution in [3.63, 3.8) is 0 Å². The molecule has 40 heavy (non-hydrogen) atoms. The van der Waals surface area contributed by atoms with Gasteiger partial charge in [-0.3, -0.25) is 4.79 Å². The predicted molar refractivity (Wildman–Crippen MR) is 174 cm³/mol. The van der Waals surface area contributed by atoms with Crippen molar-refractivity contribution in [1.29, 1.82) is 0 Å². The summed E-state index contributed by atoms with van der Waals surface area (Å²) in [6.07, 6.45) is 43.1. The van der Waals surface area contributed by atoms with Gasteiger partial charge in [0.2, 0.25) is 5.91 Å². The van der Waals surface area contributed by atoms with Gasteiger partial charge in [-0.25, -0.2) is 0 Å². The van der Waals surface area contributed by atoms with Crippen molar-refractivity contribution in [2.45, 2.75) is 154 Å². The van der Waals surface area contributed by atoms with E-state index in [1.807, 2.05) is 6.08 Å². The highest BCUT2D eigenvalue weighted by Gasteiger charge is 2.17. The van der Waals surface area contributed by atoms with Gasteiger partial charge >= 0.3 is 0 Å². The summed E-state index contributed by atoms with van der Waals surface area (Å²) >= 11 is 0. The average Bonchev–Trinajstić information content (AvgIpc) is 2.96. The van der Waals surface area contributed by atoms with Gasteiger partial charge in [-0.05, 0) is 57.8 Å². The average molecular weight is 558 g/mol. The van der Waals surface area contributed by atoms with Crippen LogP contribution in [-0.4, -0.2) is 34.9 Å². The fourth-order valence-corrected chi connectivity index (χ4v) is 4.46. The minimum absolute atomic E-state index is 0.0816. The third-order valence-electron chi connectivity index (χ3n) is 7.01. The van der Waals surface area contributed by atoms with Crippen LogP contribution in [0.3, 0.4) is 0 Å². The number of allylic oxidation sites excluding steroid dienone is 9. The largest absolute Gasteiger partial charge is 0.394 e. The molecule has 0 aliphatic heterocycles. The molecule has 0 aromatic heterocycles. The summed E-state index contributed by atoms with van der Waals surface area (Å²) in [5.74, 6) is -0.0816. The molecule has 0 aliphatic rings. The Morgan fingerprint density at radius 2 is 1.10 bits per heavy atom. The molecule has 0 fully saturated rings. The Kier molecular flexibility index (Phi) is 30.1. The topological polar surface area (TPSA) is 69.6 Å². The van der Waals surface area contributed by atoms with E-state index in [0.29, 0.717) is 6.42 Å². The van der Waals surface area contributed by atoms with Gasteiger partial charge in [0.1, 0.15) is 0 Å². The summed E-state index contributed by atoms with van der Waals surface area (Å²) in [6, 6.07) is -0.625. The van der Waals surface area contributed by atoms with Gasteiger partial charge < -0.3 is 15.5 Å². The minimum Gasteiger partial charge on any atom is -0.394 e. The number of aliphatic hydroxyl groups is 2. The number of aliphatic hydroxyl groups excluding tert-OH is 2. The molecule has 1 amide bonds. The third kappa shape index (κ3) is 27.6. The van der Waals surface area contributed by atoms with Crippen LogP contribution >= 0.6 is 0 Å². The third-order valence-corrected chi connectivity index (χ3v) is 7.01. The van der Waals surface area contributed by atoms with E-state index >= 15 is 0 Å². The smallest absolute Gasteiger partial charge is 0.220 e. The van der Waals surface area contributed by atoms with E-state index in [1.54, 1.807) is 6.08 Å². The summed E-state index contributed by atoms with van der Waals surface area (Å²) in [4.78, 5) is 12.2. The Morgan fingerprint density at radius 3 is 1.65 bits per heavy atom. The van der Waals surface area contributed by atoms with Crippen LogP contribution in [0, 0.1) is 0 Å². The molecule has 3 N–H and O–H groups in total. The van der Waals surface area contributed by atoms with E-state index in [0.717, 1.165) is 57.8 Å². The van der Waals surface area contributed by atoms with Crippen LogP contribution < -0.4 is 5.32 Å². The molecule has 0 saturated heterocycles. The van der Waals surface area contributed by atoms with Crippen LogP contribution in [0.5, 0.6) is 0 Å². The van der Waals surface area contributed by atoms with Gasteiger partial charge in [-0.1, -0.05) is 139 Å². The summed E-state index contributed by atoms with van der Waals surface area (Å²) in [6.45, 7) is 4.11. The molecule has 0 bridgehead atoms. The predicted octanol–water partition coefficient (Wildman–Crippen LogP) is 9.45. The molecule has 0 rings (SSSR count). The molecule has 230 valence electrons. The lowest BCUT2D eigenvalue weighted by Gasteiger charge is -2.20. The van der Waals surface area contributed by atoms with E-state index in [2.05, 4.69) is 67.8 Å².